The summed E-state index contributed by atoms with van der Waals surface area (Å²) >= 11 is 8.06. The number of aryl methyl sites for hydroxylation is 2. The molecule has 32 heavy (non-hydrogen) atoms. The van der Waals surface area contributed by atoms with Gasteiger partial charge in [-0.3, -0.25) is 4.79 Å². The average molecular weight is 476 g/mol. The summed E-state index contributed by atoms with van der Waals surface area (Å²) in [5, 5.41) is 6.03. The summed E-state index contributed by atoms with van der Waals surface area (Å²) in [5.41, 5.74) is 3.85. The second kappa shape index (κ2) is 12.2. The topological polar surface area (TPSA) is 61.6 Å². The summed E-state index contributed by atoms with van der Waals surface area (Å²) in [6.07, 6.45) is 4.98. The molecule has 0 spiro atoms. The normalized spacial score (nSPS) is 11.1. The summed E-state index contributed by atoms with van der Waals surface area (Å²) < 4.78 is 16.5. The summed E-state index contributed by atoms with van der Waals surface area (Å²) in [6, 6.07) is 9.81. The Bertz CT molecular complexity index is 1050. The molecule has 1 aromatic heterocycles. The van der Waals surface area contributed by atoms with E-state index < -0.39 is 0 Å². The minimum Gasteiger partial charge on any atom is -0.493 e. The highest BCUT2D eigenvalue weighted by Gasteiger charge is 2.16. The highest BCUT2D eigenvalue weighted by atomic mass is 35.5. The van der Waals surface area contributed by atoms with E-state index in [1.165, 1.54) is 7.11 Å². The molecule has 0 unspecified atom stereocenters. The maximum atomic E-state index is 11.4. The fourth-order valence-electron chi connectivity index (χ4n) is 3.56. The first-order valence-corrected chi connectivity index (χ1v) is 12.4. The van der Waals surface area contributed by atoms with Crippen LogP contribution in [0, 0.1) is 0 Å². The Morgan fingerprint density at radius 1 is 1.16 bits per heavy atom. The molecule has 0 aliphatic rings. The van der Waals surface area contributed by atoms with Crippen molar-refractivity contribution >= 4 is 40.3 Å². The molecule has 0 fully saturated rings. The van der Waals surface area contributed by atoms with Crippen LogP contribution in [0.5, 0.6) is 5.75 Å². The number of thioether (sulfide) groups is 1. The van der Waals surface area contributed by atoms with Crippen LogP contribution in [0.25, 0.3) is 11.0 Å². The van der Waals surface area contributed by atoms with E-state index >= 15 is 0 Å². The van der Waals surface area contributed by atoms with E-state index in [1.807, 2.05) is 24.3 Å². The number of hydrogen-bond acceptors (Lipinski definition) is 6. The van der Waals surface area contributed by atoms with Crippen molar-refractivity contribution in [3.63, 3.8) is 0 Å². The third-order valence-electron chi connectivity index (χ3n) is 5.14. The van der Waals surface area contributed by atoms with Crippen LogP contribution in [-0.4, -0.2) is 30.6 Å². The molecule has 172 valence electrons. The molecule has 2 aromatic carbocycles. The first kappa shape index (κ1) is 24.5. The number of halogens is 1. The molecule has 0 aliphatic heterocycles. The number of fused-ring (bicyclic) bond motifs is 1. The summed E-state index contributed by atoms with van der Waals surface area (Å²) in [6.45, 7) is 4.92. The minimum atomic E-state index is -0.272. The van der Waals surface area contributed by atoms with Crippen LogP contribution in [-0.2, 0) is 28.8 Å². The van der Waals surface area contributed by atoms with Gasteiger partial charge in [0, 0.05) is 21.6 Å². The number of hydrogen-bond donors (Lipinski definition) is 0. The van der Waals surface area contributed by atoms with E-state index in [-0.39, 0.29) is 12.4 Å². The van der Waals surface area contributed by atoms with E-state index in [0.29, 0.717) is 11.6 Å². The zero-order valence-electron chi connectivity index (χ0n) is 18.9. The predicted molar refractivity (Wildman–Crippen MR) is 130 cm³/mol. The lowest BCUT2D eigenvalue weighted by Crippen LogP contribution is -2.04. The van der Waals surface area contributed by atoms with Crippen molar-refractivity contribution in [3.05, 3.63) is 52.2 Å². The van der Waals surface area contributed by atoms with Crippen molar-refractivity contribution in [1.82, 2.24) is 5.16 Å². The van der Waals surface area contributed by atoms with Crippen molar-refractivity contribution in [1.29, 1.82) is 0 Å². The Balaban J connectivity index is 1.55. The van der Waals surface area contributed by atoms with E-state index in [1.54, 1.807) is 11.8 Å². The van der Waals surface area contributed by atoms with Gasteiger partial charge in [0.05, 0.1) is 30.9 Å². The van der Waals surface area contributed by atoms with Crippen LogP contribution < -0.4 is 4.74 Å². The number of esters is 1. The molecule has 3 rings (SSSR count). The molecule has 0 saturated carbocycles. The molecule has 0 N–H and O–H groups in total. The van der Waals surface area contributed by atoms with Gasteiger partial charge in [0.25, 0.3) is 0 Å². The Labute approximate surface area is 198 Å². The molecule has 0 saturated heterocycles. The molecule has 3 aromatic rings. The third kappa shape index (κ3) is 6.20. The molecule has 0 atom stereocenters. The number of ether oxygens (including phenoxy) is 2. The first-order valence-electron chi connectivity index (χ1n) is 11.1. The lowest BCUT2D eigenvalue weighted by Gasteiger charge is -2.12. The van der Waals surface area contributed by atoms with Crippen molar-refractivity contribution in [3.8, 4) is 5.75 Å². The molecule has 0 amide bonds. The summed E-state index contributed by atoms with van der Waals surface area (Å²) in [5.74, 6) is 1.49. The minimum absolute atomic E-state index is 0.227. The number of aromatic nitrogens is 1. The van der Waals surface area contributed by atoms with Gasteiger partial charge in [-0.05, 0) is 49.1 Å². The third-order valence-corrected chi connectivity index (χ3v) is 6.72. The van der Waals surface area contributed by atoms with Gasteiger partial charge >= 0.3 is 5.97 Å². The van der Waals surface area contributed by atoms with E-state index in [0.717, 1.165) is 76.3 Å². The van der Waals surface area contributed by atoms with Gasteiger partial charge in [-0.1, -0.05) is 49.5 Å². The highest BCUT2D eigenvalue weighted by Crippen LogP contribution is 2.32. The molecule has 5 nitrogen and oxygen atoms in total. The van der Waals surface area contributed by atoms with Gasteiger partial charge in [0.1, 0.15) is 5.75 Å². The van der Waals surface area contributed by atoms with Gasteiger partial charge in [-0.25, -0.2) is 0 Å². The molecule has 0 bridgehead atoms. The SMILES string of the molecule is CCCc1noc2c(CCC)c(OCCCSc3ccc(CC(=O)OC)cc3Cl)ccc12. The van der Waals surface area contributed by atoms with Crippen LogP contribution >= 0.6 is 23.4 Å². The average Bonchev–Trinajstić information content (AvgIpc) is 3.19. The van der Waals surface area contributed by atoms with Crippen LogP contribution in [0.1, 0.15) is 49.9 Å². The van der Waals surface area contributed by atoms with Crippen molar-refractivity contribution in [2.75, 3.05) is 19.5 Å². The number of nitrogens with zero attached hydrogens (tertiary/aromatic N) is 1. The van der Waals surface area contributed by atoms with Crippen LogP contribution in [0.4, 0.5) is 0 Å². The Morgan fingerprint density at radius 3 is 2.69 bits per heavy atom. The van der Waals surface area contributed by atoms with Crippen molar-refractivity contribution in [2.45, 2.75) is 57.3 Å². The fourth-order valence-corrected chi connectivity index (χ4v) is 4.77. The predicted octanol–water partition coefficient (Wildman–Crippen LogP) is 6.66. The van der Waals surface area contributed by atoms with E-state index in [9.17, 15) is 4.79 Å². The number of rotatable bonds is 12. The monoisotopic (exact) mass is 475 g/mol. The highest BCUT2D eigenvalue weighted by molar-refractivity contribution is 7.99. The van der Waals surface area contributed by atoms with Gasteiger partial charge < -0.3 is 14.0 Å². The first-order chi connectivity index (χ1) is 15.6. The zero-order chi connectivity index (χ0) is 22.9. The largest absolute Gasteiger partial charge is 0.493 e. The Kier molecular flexibility index (Phi) is 9.30. The number of carbonyl (C=O) groups is 1. The van der Waals surface area contributed by atoms with Gasteiger partial charge in [-0.15, -0.1) is 11.8 Å². The molecular weight excluding hydrogens is 446 g/mol. The van der Waals surface area contributed by atoms with Crippen LogP contribution in [0.3, 0.4) is 0 Å². The van der Waals surface area contributed by atoms with Crippen LogP contribution in [0.2, 0.25) is 5.02 Å². The van der Waals surface area contributed by atoms with Gasteiger partial charge in [0.15, 0.2) is 5.58 Å². The Hall–Kier alpha value is -2.18. The standard InChI is InChI=1S/C25H30ClNO4S/c1-4-7-19-22(11-10-18-21(8-5-2)27-31-25(18)19)30-13-6-14-32-23-12-9-17(15-20(23)26)16-24(28)29-3/h9-12,15H,4-8,13-14,16H2,1-3H3. The quantitative estimate of drug-likeness (QED) is 0.166. The second-order valence-corrected chi connectivity index (χ2v) is 9.16. The molecular formula is C25H30ClNO4S. The number of benzene rings is 2. The van der Waals surface area contributed by atoms with Crippen molar-refractivity contribution in [2.24, 2.45) is 0 Å². The lowest BCUT2D eigenvalue weighted by atomic mass is 10.0. The molecule has 1 heterocycles. The fraction of sp³-hybridized carbons (Fsp3) is 0.440. The molecule has 7 heteroatoms. The summed E-state index contributed by atoms with van der Waals surface area (Å²) in [4.78, 5) is 12.4. The molecule has 0 aliphatic carbocycles. The second-order valence-electron chi connectivity index (χ2n) is 7.62. The Morgan fingerprint density at radius 2 is 1.97 bits per heavy atom. The maximum absolute atomic E-state index is 11.4. The summed E-state index contributed by atoms with van der Waals surface area (Å²) in [7, 11) is 1.38. The van der Waals surface area contributed by atoms with Crippen molar-refractivity contribution < 1.29 is 18.8 Å². The van der Waals surface area contributed by atoms with E-state index in [2.05, 4.69) is 25.1 Å². The smallest absolute Gasteiger partial charge is 0.309 e. The van der Waals surface area contributed by atoms with Crippen LogP contribution in [0.15, 0.2) is 39.8 Å². The van der Waals surface area contributed by atoms with E-state index in [4.69, 9.17) is 25.6 Å². The maximum Gasteiger partial charge on any atom is 0.309 e. The molecule has 0 radical (unpaired) electrons. The van der Waals surface area contributed by atoms with Gasteiger partial charge in [-0.2, -0.15) is 0 Å². The van der Waals surface area contributed by atoms with Gasteiger partial charge in [0.2, 0.25) is 0 Å². The number of methoxy groups -OCH3 is 1. The lowest BCUT2D eigenvalue weighted by molar-refractivity contribution is -0.139. The number of carbonyl (C=O) groups excluding carboxylic acids is 1. The zero-order valence-corrected chi connectivity index (χ0v) is 20.5.